The number of halogens is 2. The number of aliphatic hydroxyl groups is 1. The number of pyridine rings is 2. The third-order valence-electron chi connectivity index (χ3n) is 8.53. The lowest BCUT2D eigenvalue weighted by Crippen LogP contribution is -2.51. The number of anilines is 1. The lowest BCUT2D eigenvalue weighted by molar-refractivity contribution is -0.125. The average Bonchev–Trinajstić information content (AvgIpc) is 3.52. The van der Waals surface area contributed by atoms with Crippen molar-refractivity contribution < 1.29 is 24.2 Å². The lowest BCUT2D eigenvalue weighted by Gasteiger charge is -2.34. The van der Waals surface area contributed by atoms with Gasteiger partial charge in [-0.05, 0) is 42.8 Å². The highest BCUT2D eigenvalue weighted by atomic mass is 35.5. The van der Waals surface area contributed by atoms with Crippen molar-refractivity contribution in [2.45, 2.75) is 32.5 Å². The number of nitrogens with one attached hydrogen (secondary N) is 2. The maximum absolute atomic E-state index is 13.1. The molecule has 0 radical (unpaired) electrons. The van der Waals surface area contributed by atoms with E-state index in [0.717, 1.165) is 0 Å². The number of ether oxygens (including phenoxy) is 1. The normalized spacial score (nSPS) is 14.0. The Labute approximate surface area is 294 Å². The summed E-state index contributed by atoms with van der Waals surface area (Å²) in [7, 11) is 3.18. The van der Waals surface area contributed by atoms with Gasteiger partial charge in [-0.1, -0.05) is 36.2 Å². The van der Waals surface area contributed by atoms with Crippen LogP contribution in [0.15, 0.2) is 54.9 Å². The predicted octanol–water partition coefficient (Wildman–Crippen LogP) is 3.69. The Balaban J connectivity index is 1.21. The van der Waals surface area contributed by atoms with Crippen LogP contribution < -0.4 is 20.3 Å². The van der Waals surface area contributed by atoms with Gasteiger partial charge in [-0.3, -0.25) is 23.9 Å². The smallest absolute Gasteiger partial charge is 0.317 e. The zero-order chi connectivity index (χ0) is 35.1. The summed E-state index contributed by atoms with van der Waals surface area (Å²) in [4.78, 5) is 51.7. The van der Waals surface area contributed by atoms with Crippen molar-refractivity contribution in [3.8, 4) is 5.75 Å². The Morgan fingerprint density at radius 1 is 1.08 bits per heavy atom. The minimum absolute atomic E-state index is 0.0201. The second kappa shape index (κ2) is 16.3. The zero-order valence-electron chi connectivity index (χ0n) is 27.7. The van der Waals surface area contributed by atoms with E-state index in [2.05, 4.69) is 20.5 Å². The number of hydrogen-bond acceptors (Lipinski definition) is 8. The number of urea groups is 1. The molecule has 1 aliphatic heterocycles. The largest absolute Gasteiger partial charge is 0.485 e. The van der Waals surface area contributed by atoms with E-state index in [0.29, 0.717) is 83.9 Å². The van der Waals surface area contributed by atoms with Crippen molar-refractivity contribution in [3.05, 3.63) is 87.5 Å². The van der Waals surface area contributed by atoms with E-state index in [1.54, 1.807) is 66.0 Å². The molecule has 0 aliphatic carbocycles. The van der Waals surface area contributed by atoms with Gasteiger partial charge in [-0.2, -0.15) is 0 Å². The highest BCUT2D eigenvalue weighted by Gasteiger charge is 2.25. The van der Waals surface area contributed by atoms with E-state index in [9.17, 15) is 19.5 Å². The van der Waals surface area contributed by atoms with Crippen molar-refractivity contribution in [1.29, 1.82) is 0 Å². The van der Waals surface area contributed by atoms with Crippen LogP contribution in [0.2, 0.25) is 10.0 Å². The molecule has 1 unspecified atom stereocenters. The van der Waals surface area contributed by atoms with Crippen molar-refractivity contribution in [1.82, 2.24) is 34.8 Å². The minimum atomic E-state index is -0.989. The van der Waals surface area contributed by atoms with Gasteiger partial charge in [0.25, 0.3) is 0 Å². The maximum Gasteiger partial charge on any atom is 0.317 e. The summed E-state index contributed by atoms with van der Waals surface area (Å²) >= 11 is 13.3. The van der Waals surface area contributed by atoms with Gasteiger partial charge in [0, 0.05) is 76.2 Å². The number of amides is 4. The Bertz CT molecular complexity index is 1800. The fourth-order valence-corrected chi connectivity index (χ4v) is 6.29. The number of aliphatic hydroxyl groups excluding tert-OH is 1. The van der Waals surface area contributed by atoms with Crippen LogP contribution in [0.1, 0.15) is 42.1 Å². The van der Waals surface area contributed by atoms with Crippen LogP contribution in [-0.2, 0) is 22.6 Å². The number of fused-ring (bicyclic) bond motifs is 1. The van der Waals surface area contributed by atoms with Crippen molar-refractivity contribution in [2.75, 3.05) is 58.3 Å². The third kappa shape index (κ3) is 8.24. The van der Waals surface area contributed by atoms with Gasteiger partial charge in [0.1, 0.15) is 12.7 Å². The van der Waals surface area contributed by atoms with Crippen LogP contribution >= 0.6 is 23.2 Å². The summed E-state index contributed by atoms with van der Waals surface area (Å²) in [6.45, 7) is 4.80. The summed E-state index contributed by atoms with van der Waals surface area (Å²) in [5.41, 5.74) is 3.22. The number of piperazine rings is 1. The number of likely N-dealkylation sites (N-methyl/N-ethyl adjacent to an activating group) is 1. The molecule has 3 N–H and O–H groups in total. The highest BCUT2D eigenvalue weighted by Crippen LogP contribution is 2.35. The molecule has 49 heavy (non-hydrogen) atoms. The van der Waals surface area contributed by atoms with Crippen LogP contribution in [0.5, 0.6) is 5.75 Å². The van der Waals surface area contributed by atoms with Gasteiger partial charge in [-0.25, -0.2) is 9.78 Å². The van der Waals surface area contributed by atoms with Gasteiger partial charge in [0.2, 0.25) is 11.8 Å². The molecule has 13 nitrogen and oxygen atoms in total. The lowest BCUT2D eigenvalue weighted by atomic mass is 10.1. The fourth-order valence-electron chi connectivity index (χ4n) is 5.68. The zero-order valence-corrected chi connectivity index (χ0v) is 29.2. The molecule has 4 aromatic rings. The molecule has 0 spiro atoms. The molecule has 4 amide bonds. The third-order valence-corrected chi connectivity index (χ3v) is 9.30. The molecule has 0 bridgehead atoms. The van der Waals surface area contributed by atoms with E-state index in [1.807, 2.05) is 19.2 Å². The highest BCUT2D eigenvalue weighted by molar-refractivity contribution is 6.38. The molecule has 1 aromatic carbocycles. The average molecular weight is 712 g/mol. The summed E-state index contributed by atoms with van der Waals surface area (Å²) in [6.07, 6.45) is 3.27. The Hall–Kier alpha value is -4.43. The number of rotatable bonds is 12. The number of aromatic nitrogens is 3. The second-order valence-corrected chi connectivity index (χ2v) is 12.3. The molecule has 260 valence electrons. The first-order valence-corrected chi connectivity index (χ1v) is 16.8. The Morgan fingerprint density at radius 3 is 2.55 bits per heavy atom. The van der Waals surface area contributed by atoms with Gasteiger partial charge in [-0.15, -0.1) is 0 Å². The van der Waals surface area contributed by atoms with E-state index < -0.39 is 6.10 Å². The minimum Gasteiger partial charge on any atom is -0.485 e. The van der Waals surface area contributed by atoms with Crippen molar-refractivity contribution in [3.63, 3.8) is 0 Å². The van der Waals surface area contributed by atoms with E-state index in [1.165, 1.54) is 4.90 Å². The molecular weight excluding hydrogens is 671 g/mol. The van der Waals surface area contributed by atoms with Crippen LogP contribution in [0.4, 0.5) is 10.5 Å². The topological polar surface area (TPSA) is 145 Å². The molecule has 1 atom stereocenters. The standard InChI is InChI=1S/C34H40Cl2N8O5/c1-4-24-31(32(47)25-8-5-6-13-38-25)44-14-7-9-27(33(44)40-24)49-21-22-23(35)10-11-26(30(22)36)41(3)29(46)20-39-28(45)12-15-42-16-18-43(19-17-42)34(48)37-2/h5-11,13-14,32,47H,4,12,15-21H2,1-3H3,(H,37,48)(H,39,45). The molecule has 1 aliphatic rings. The van der Waals surface area contributed by atoms with Gasteiger partial charge in [0.05, 0.1) is 34.3 Å². The Kier molecular flexibility index (Phi) is 11.9. The first-order valence-electron chi connectivity index (χ1n) is 16.0. The SMILES string of the molecule is CCc1nc2c(OCc3c(Cl)ccc(N(C)C(=O)CNC(=O)CCN4CCN(C(=O)NC)CC4)c3Cl)cccn2c1C(O)c1ccccn1. The summed E-state index contributed by atoms with van der Waals surface area (Å²) in [6, 6.07) is 12.1. The number of aryl methyl sites for hydroxylation is 1. The molecule has 1 fully saturated rings. The molecule has 3 aromatic heterocycles. The first kappa shape index (κ1) is 35.9. The molecule has 4 heterocycles. The molecule has 5 rings (SSSR count). The monoisotopic (exact) mass is 710 g/mol. The number of carbonyl (C=O) groups is 3. The number of imidazole rings is 1. The maximum atomic E-state index is 13.1. The molecule has 0 saturated carbocycles. The van der Waals surface area contributed by atoms with E-state index in [4.69, 9.17) is 32.9 Å². The number of carbonyl (C=O) groups excluding carboxylic acids is 3. The van der Waals surface area contributed by atoms with Gasteiger partial charge in [0.15, 0.2) is 11.4 Å². The van der Waals surface area contributed by atoms with E-state index in [-0.39, 0.29) is 42.4 Å². The van der Waals surface area contributed by atoms with Crippen LogP contribution in [0.3, 0.4) is 0 Å². The van der Waals surface area contributed by atoms with Crippen molar-refractivity contribution >= 4 is 52.4 Å². The quantitative estimate of drug-likeness (QED) is 0.202. The number of benzene rings is 1. The molecule has 15 heteroatoms. The Morgan fingerprint density at radius 2 is 1.86 bits per heavy atom. The summed E-state index contributed by atoms with van der Waals surface area (Å²) < 4.78 is 8.00. The second-order valence-electron chi connectivity index (χ2n) is 11.5. The van der Waals surface area contributed by atoms with Crippen LogP contribution in [0.25, 0.3) is 5.65 Å². The van der Waals surface area contributed by atoms with Crippen molar-refractivity contribution in [2.24, 2.45) is 0 Å². The number of hydrogen-bond donors (Lipinski definition) is 3. The summed E-state index contributed by atoms with van der Waals surface area (Å²) in [5.74, 6) is -0.159. The number of nitrogens with zero attached hydrogens (tertiary/aromatic N) is 6. The molecular formula is C34H40Cl2N8O5. The summed E-state index contributed by atoms with van der Waals surface area (Å²) in [5, 5.41) is 17.1. The van der Waals surface area contributed by atoms with Gasteiger partial charge >= 0.3 is 6.03 Å². The van der Waals surface area contributed by atoms with Crippen LogP contribution in [0, 0.1) is 0 Å². The van der Waals surface area contributed by atoms with E-state index >= 15 is 0 Å². The van der Waals surface area contributed by atoms with Gasteiger partial charge < -0.3 is 30.3 Å². The first-order chi connectivity index (χ1) is 23.6. The predicted molar refractivity (Wildman–Crippen MR) is 187 cm³/mol. The van der Waals surface area contributed by atoms with Crippen LogP contribution in [-0.4, -0.2) is 100 Å². The molecule has 1 saturated heterocycles. The fraction of sp³-hybridized carbons (Fsp3) is 0.382.